The van der Waals surface area contributed by atoms with Gasteiger partial charge in [-0.1, -0.05) is 6.07 Å². The van der Waals surface area contributed by atoms with E-state index in [1.54, 1.807) is 12.0 Å². The number of carbonyl (C=O) groups is 2. The van der Waals surface area contributed by atoms with E-state index in [0.29, 0.717) is 19.5 Å². The zero-order chi connectivity index (χ0) is 19.5. The molecule has 3 heterocycles. The Hall–Kier alpha value is -3.35. The van der Waals surface area contributed by atoms with Crippen molar-refractivity contribution in [2.24, 2.45) is 5.92 Å². The molecule has 0 bridgehead atoms. The first kappa shape index (κ1) is 18.0. The maximum Gasteiger partial charge on any atom is 0.227 e. The summed E-state index contributed by atoms with van der Waals surface area (Å²) in [5, 5.41) is 2.94. The highest BCUT2D eigenvalue weighted by Gasteiger charge is 2.34. The van der Waals surface area contributed by atoms with Crippen LogP contribution in [0.1, 0.15) is 12.1 Å². The van der Waals surface area contributed by atoms with Gasteiger partial charge in [0, 0.05) is 44.0 Å². The Morgan fingerprint density at radius 3 is 2.82 bits per heavy atom. The second-order valence-electron chi connectivity index (χ2n) is 6.84. The highest BCUT2D eigenvalue weighted by Crippen LogP contribution is 2.26. The number of hydrogen-bond acceptors (Lipinski definition) is 4. The molecule has 3 aromatic rings. The molecule has 0 aliphatic carbocycles. The third kappa shape index (κ3) is 3.69. The smallest absolute Gasteiger partial charge is 0.227 e. The summed E-state index contributed by atoms with van der Waals surface area (Å²) in [7, 11) is 1.60. The number of carbonyl (C=O) groups excluding carboxylic acids is 2. The Morgan fingerprint density at radius 1 is 1.25 bits per heavy atom. The number of hydrogen-bond donors (Lipinski definition) is 1. The molecular formula is C21H22N4O3. The number of amides is 2. The Morgan fingerprint density at radius 2 is 2.07 bits per heavy atom. The topological polar surface area (TPSA) is 75.9 Å². The van der Waals surface area contributed by atoms with Gasteiger partial charge in [-0.3, -0.25) is 9.59 Å². The molecule has 7 heteroatoms. The lowest BCUT2D eigenvalue weighted by Crippen LogP contribution is -2.34. The summed E-state index contributed by atoms with van der Waals surface area (Å²) in [4.78, 5) is 31.0. The molecule has 1 unspecified atom stereocenters. The van der Waals surface area contributed by atoms with Crippen LogP contribution in [0.4, 0.5) is 5.69 Å². The zero-order valence-corrected chi connectivity index (χ0v) is 15.7. The minimum atomic E-state index is -0.337. The molecule has 1 saturated heterocycles. The van der Waals surface area contributed by atoms with Crippen LogP contribution in [0.25, 0.3) is 5.65 Å². The van der Waals surface area contributed by atoms with Crippen molar-refractivity contribution in [3.05, 3.63) is 60.6 Å². The average molecular weight is 378 g/mol. The molecule has 1 aliphatic heterocycles. The lowest BCUT2D eigenvalue weighted by Gasteiger charge is -2.17. The highest BCUT2D eigenvalue weighted by molar-refractivity contribution is 6.00. The SMILES string of the molecule is COc1ccc(N2CC(C(=O)NCCc3cn4ccccc4n3)CC2=O)cc1. The maximum absolute atomic E-state index is 12.5. The van der Waals surface area contributed by atoms with Gasteiger partial charge in [-0.25, -0.2) is 4.98 Å². The maximum atomic E-state index is 12.5. The number of nitrogens with one attached hydrogen (secondary N) is 1. The number of pyridine rings is 1. The van der Waals surface area contributed by atoms with Gasteiger partial charge in [0.25, 0.3) is 0 Å². The Bertz CT molecular complexity index is 963. The van der Waals surface area contributed by atoms with Crippen molar-refractivity contribution >= 4 is 23.1 Å². The van der Waals surface area contributed by atoms with Crippen LogP contribution in [-0.4, -0.2) is 41.4 Å². The molecule has 1 aromatic carbocycles. The van der Waals surface area contributed by atoms with Crippen LogP contribution in [0.2, 0.25) is 0 Å². The second kappa shape index (κ2) is 7.72. The normalized spacial score (nSPS) is 16.5. The number of benzene rings is 1. The molecular weight excluding hydrogens is 356 g/mol. The number of ether oxygens (including phenoxy) is 1. The van der Waals surface area contributed by atoms with Crippen LogP contribution >= 0.6 is 0 Å². The van der Waals surface area contributed by atoms with Crippen LogP contribution in [0.5, 0.6) is 5.75 Å². The molecule has 7 nitrogen and oxygen atoms in total. The predicted molar refractivity (Wildman–Crippen MR) is 105 cm³/mol. The molecule has 4 rings (SSSR count). The van der Waals surface area contributed by atoms with Crippen molar-refractivity contribution in [2.75, 3.05) is 25.1 Å². The predicted octanol–water partition coefficient (Wildman–Crippen LogP) is 2.05. The highest BCUT2D eigenvalue weighted by atomic mass is 16.5. The zero-order valence-electron chi connectivity index (χ0n) is 15.7. The van der Waals surface area contributed by atoms with Crippen molar-refractivity contribution in [2.45, 2.75) is 12.8 Å². The van der Waals surface area contributed by atoms with E-state index in [0.717, 1.165) is 22.8 Å². The van der Waals surface area contributed by atoms with Crippen molar-refractivity contribution in [3.63, 3.8) is 0 Å². The van der Waals surface area contributed by atoms with E-state index in [2.05, 4.69) is 10.3 Å². The van der Waals surface area contributed by atoms with Crippen LogP contribution < -0.4 is 15.0 Å². The van der Waals surface area contributed by atoms with Gasteiger partial charge in [-0.2, -0.15) is 0 Å². The number of nitrogens with zero attached hydrogens (tertiary/aromatic N) is 3. The van der Waals surface area contributed by atoms with Gasteiger partial charge in [0.2, 0.25) is 11.8 Å². The number of fused-ring (bicyclic) bond motifs is 1. The fourth-order valence-electron chi connectivity index (χ4n) is 3.46. The first-order valence-electron chi connectivity index (χ1n) is 9.29. The van der Waals surface area contributed by atoms with Gasteiger partial charge < -0.3 is 19.4 Å². The first-order valence-corrected chi connectivity index (χ1v) is 9.29. The molecule has 1 aliphatic rings. The fourth-order valence-corrected chi connectivity index (χ4v) is 3.46. The van der Waals surface area contributed by atoms with Crippen molar-refractivity contribution in [3.8, 4) is 5.75 Å². The lowest BCUT2D eigenvalue weighted by molar-refractivity contribution is -0.126. The first-order chi connectivity index (χ1) is 13.6. The second-order valence-corrected chi connectivity index (χ2v) is 6.84. The molecule has 1 atom stereocenters. The quantitative estimate of drug-likeness (QED) is 0.712. The number of methoxy groups -OCH3 is 1. The third-order valence-electron chi connectivity index (χ3n) is 4.97. The van der Waals surface area contributed by atoms with E-state index in [-0.39, 0.29) is 24.2 Å². The molecule has 1 fully saturated rings. The molecule has 2 aromatic heterocycles. The summed E-state index contributed by atoms with van der Waals surface area (Å²) in [5.41, 5.74) is 2.60. The van der Waals surface area contributed by atoms with Crippen molar-refractivity contribution in [1.29, 1.82) is 0 Å². The van der Waals surface area contributed by atoms with Gasteiger partial charge in [0.05, 0.1) is 18.7 Å². The molecule has 0 saturated carbocycles. The van der Waals surface area contributed by atoms with E-state index in [4.69, 9.17) is 4.74 Å². The van der Waals surface area contributed by atoms with Crippen LogP contribution in [-0.2, 0) is 16.0 Å². The Labute approximate surface area is 162 Å². The van der Waals surface area contributed by atoms with Crippen LogP contribution in [0, 0.1) is 5.92 Å². The van der Waals surface area contributed by atoms with E-state index in [9.17, 15) is 9.59 Å². The molecule has 0 spiro atoms. The summed E-state index contributed by atoms with van der Waals surface area (Å²) in [6.07, 6.45) is 4.79. The number of anilines is 1. The van der Waals surface area contributed by atoms with Gasteiger partial charge in [0.15, 0.2) is 0 Å². The molecule has 144 valence electrons. The minimum absolute atomic E-state index is 0.0364. The average Bonchev–Trinajstić information content (AvgIpc) is 3.31. The number of aromatic nitrogens is 2. The summed E-state index contributed by atoms with van der Waals surface area (Å²) in [6, 6.07) is 13.1. The number of rotatable bonds is 6. The molecule has 0 radical (unpaired) electrons. The molecule has 1 N–H and O–H groups in total. The summed E-state index contributed by atoms with van der Waals surface area (Å²) in [6.45, 7) is 0.890. The lowest BCUT2D eigenvalue weighted by atomic mass is 10.1. The van der Waals surface area contributed by atoms with Gasteiger partial charge in [0.1, 0.15) is 11.4 Å². The van der Waals surface area contributed by atoms with E-state index < -0.39 is 0 Å². The van der Waals surface area contributed by atoms with Crippen molar-refractivity contribution in [1.82, 2.24) is 14.7 Å². The summed E-state index contributed by atoms with van der Waals surface area (Å²) in [5.74, 6) is 0.270. The van der Waals surface area contributed by atoms with E-state index >= 15 is 0 Å². The Kier molecular flexibility index (Phi) is 4.97. The summed E-state index contributed by atoms with van der Waals surface area (Å²) < 4.78 is 7.10. The summed E-state index contributed by atoms with van der Waals surface area (Å²) >= 11 is 0. The molecule has 28 heavy (non-hydrogen) atoms. The van der Waals surface area contributed by atoms with Crippen molar-refractivity contribution < 1.29 is 14.3 Å². The standard InChI is InChI=1S/C21H22N4O3/c1-28-18-7-5-17(6-8-18)25-13-15(12-20(25)26)21(27)22-10-9-16-14-24-11-3-2-4-19(24)23-16/h2-8,11,14-15H,9-10,12-13H2,1H3,(H,22,27). The van der Waals surface area contributed by atoms with Gasteiger partial charge >= 0.3 is 0 Å². The fraction of sp³-hybridized carbons (Fsp3) is 0.286. The third-order valence-corrected chi connectivity index (χ3v) is 4.97. The van der Waals surface area contributed by atoms with Crippen LogP contribution in [0.3, 0.4) is 0 Å². The minimum Gasteiger partial charge on any atom is -0.497 e. The largest absolute Gasteiger partial charge is 0.497 e. The van der Waals surface area contributed by atoms with Gasteiger partial charge in [-0.05, 0) is 36.4 Å². The van der Waals surface area contributed by atoms with E-state index in [1.807, 2.05) is 59.3 Å². The van der Waals surface area contributed by atoms with Gasteiger partial charge in [-0.15, -0.1) is 0 Å². The molecule has 2 amide bonds. The number of imidazole rings is 1. The Balaban J connectivity index is 1.31. The van der Waals surface area contributed by atoms with Crippen LogP contribution in [0.15, 0.2) is 54.9 Å². The van der Waals surface area contributed by atoms with E-state index in [1.165, 1.54) is 0 Å². The monoisotopic (exact) mass is 378 g/mol.